The molecular weight excluding hydrogens is 268 g/mol. The minimum Gasteiger partial charge on any atom is -0.393 e. The van der Waals surface area contributed by atoms with Gasteiger partial charge in [0.25, 0.3) is 0 Å². The number of rotatable bonds is 5. The van der Waals surface area contributed by atoms with E-state index >= 15 is 0 Å². The first kappa shape index (κ1) is 16.2. The predicted octanol–water partition coefficient (Wildman–Crippen LogP) is 3.11. The molecule has 1 spiro atoms. The van der Waals surface area contributed by atoms with Crippen molar-refractivity contribution in [3.05, 3.63) is 0 Å². The van der Waals surface area contributed by atoms with Crippen LogP contribution in [-0.4, -0.2) is 41.2 Å². The second-order valence-electron chi connectivity index (χ2n) is 6.63. The zero-order valence-corrected chi connectivity index (χ0v) is 13.9. The second kappa shape index (κ2) is 7.19. The monoisotopic (exact) mass is 298 g/mol. The van der Waals surface area contributed by atoms with Crippen LogP contribution in [-0.2, 0) is 4.74 Å². The molecule has 1 saturated carbocycles. The molecule has 2 atom stereocenters. The summed E-state index contributed by atoms with van der Waals surface area (Å²) in [5.41, 5.74) is 5.97. The van der Waals surface area contributed by atoms with Crippen LogP contribution >= 0.6 is 12.2 Å². The Bertz CT molecular complexity index is 323. The van der Waals surface area contributed by atoms with Gasteiger partial charge in [0.05, 0.1) is 10.6 Å². The highest BCUT2D eigenvalue weighted by Gasteiger charge is 2.40. The largest absolute Gasteiger partial charge is 0.393 e. The van der Waals surface area contributed by atoms with Gasteiger partial charge in [-0.25, -0.2) is 0 Å². The van der Waals surface area contributed by atoms with Crippen LogP contribution in [0.2, 0.25) is 0 Å². The Kier molecular flexibility index (Phi) is 5.82. The second-order valence-corrected chi connectivity index (χ2v) is 7.10. The van der Waals surface area contributed by atoms with E-state index in [9.17, 15) is 0 Å². The van der Waals surface area contributed by atoms with Crippen molar-refractivity contribution in [2.24, 2.45) is 11.7 Å². The Balaban J connectivity index is 1.96. The summed E-state index contributed by atoms with van der Waals surface area (Å²) < 4.78 is 6.21. The predicted molar refractivity (Wildman–Crippen MR) is 88.0 cm³/mol. The molecule has 0 aromatic heterocycles. The number of nitrogens with two attached hydrogens (primary N) is 1. The Morgan fingerprint density at radius 1 is 1.40 bits per heavy atom. The van der Waals surface area contributed by atoms with Gasteiger partial charge < -0.3 is 10.5 Å². The molecule has 2 aliphatic rings. The molecule has 0 radical (unpaired) electrons. The Morgan fingerprint density at radius 2 is 2.10 bits per heavy atom. The molecule has 116 valence electrons. The van der Waals surface area contributed by atoms with E-state index in [1.165, 1.54) is 38.5 Å². The summed E-state index contributed by atoms with van der Waals surface area (Å²) in [5, 5.41) is 0. The quantitative estimate of drug-likeness (QED) is 0.792. The van der Waals surface area contributed by atoms with E-state index in [1.54, 1.807) is 0 Å². The molecule has 2 fully saturated rings. The maximum atomic E-state index is 6.21. The minimum absolute atomic E-state index is 0.182. The third-order valence-corrected chi connectivity index (χ3v) is 5.55. The normalized spacial score (nSPS) is 27.6. The van der Waals surface area contributed by atoms with E-state index in [0.717, 1.165) is 26.1 Å². The summed E-state index contributed by atoms with van der Waals surface area (Å²) >= 11 is 5.13. The molecule has 4 heteroatoms. The van der Waals surface area contributed by atoms with Gasteiger partial charge in [-0.15, -0.1) is 0 Å². The molecule has 0 amide bonds. The van der Waals surface area contributed by atoms with Crippen molar-refractivity contribution in [2.45, 2.75) is 70.4 Å². The van der Waals surface area contributed by atoms with E-state index in [0.29, 0.717) is 16.9 Å². The summed E-state index contributed by atoms with van der Waals surface area (Å²) in [6.07, 6.45) is 8.92. The van der Waals surface area contributed by atoms with E-state index in [1.807, 2.05) is 0 Å². The van der Waals surface area contributed by atoms with Gasteiger partial charge >= 0.3 is 0 Å². The number of thiocarbonyl (C=S) groups is 1. The number of nitrogens with zero attached hydrogens (tertiary/aromatic N) is 1. The molecule has 0 bridgehead atoms. The fourth-order valence-electron chi connectivity index (χ4n) is 3.84. The topological polar surface area (TPSA) is 38.5 Å². The van der Waals surface area contributed by atoms with Crippen molar-refractivity contribution in [2.75, 3.05) is 19.7 Å². The highest BCUT2D eigenvalue weighted by Crippen LogP contribution is 2.39. The van der Waals surface area contributed by atoms with Crippen molar-refractivity contribution in [1.29, 1.82) is 0 Å². The molecule has 0 aromatic carbocycles. The lowest BCUT2D eigenvalue weighted by atomic mass is 9.78. The SMILES string of the molecule is CCN(CC(C)C(N)=S)C1CCOC2(CCCCC2)C1. The summed E-state index contributed by atoms with van der Waals surface area (Å²) in [5.74, 6) is 0.301. The third kappa shape index (κ3) is 3.92. The van der Waals surface area contributed by atoms with Crippen molar-refractivity contribution in [3.63, 3.8) is 0 Å². The summed E-state index contributed by atoms with van der Waals surface area (Å²) in [7, 11) is 0. The van der Waals surface area contributed by atoms with Crippen LogP contribution in [0.5, 0.6) is 0 Å². The first-order chi connectivity index (χ1) is 9.56. The molecule has 1 heterocycles. The van der Waals surface area contributed by atoms with E-state index in [-0.39, 0.29) is 5.60 Å². The maximum absolute atomic E-state index is 6.21. The summed E-state index contributed by atoms with van der Waals surface area (Å²) in [4.78, 5) is 3.21. The minimum atomic E-state index is 0.182. The first-order valence-electron chi connectivity index (χ1n) is 8.23. The Labute approximate surface area is 129 Å². The van der Waals surface area contributed by atoms with E-state index in [4.69, 9.17) is 22.7 Å². The maximum Gasteiger partial charge on any atom is 0.0768 e. The smallest absolute Gasteiger partial charge is 0.0768 e. The van der Waals surface area contributed by atoms with E-state index in [2.05, 4.69) is 18.7 Å². The fourth-order valence-corrected chi connectivity index (χ4v) is 3.91. The molecule has 2 N–H and O–H groups in total. The van der Waals surface area contributed by atoms with Gasteiger partial charge in [0.1, 0.15) is 0 Å². The summed E-state index contributed by atoms with van der Waals surface area (Å²) in [6, 6.07) is 0.642. The lowest BCUT2D eigenvalue weighted by molar-refractivity contribution is -0.124. The van der Waals surface area contributed by atoms with Crippen molar-refractivity contribution in [1.82, 2.24) is 4.90 Å². The molecule has 2 rings (SSSR count). The lowest BCUT2D eigenvalue weighted by Crippen LogP contribution is -2.51. The van der Waals surface area contributed by atoms with Crippen LogP contribution in [0, 0.1) is 5.92 Å². The van der Waals surface area contributed by atoms with Crippen LogP contribution in [0.4, 0.5) is 0 Å². The first-order valence-corrected chi connectivity index (χ1v) is 8.64. The fraction of sp³-hybridized carbons (Fsp3) is 0.938. The standard InChI is InChI=1S/C16H30N2OS/c1-3-18(12-13(2)15(17)20)14-7-10-19-16(11-14)8-5-4-6-9-16/h13-14H,3-12H2,1-2H3,(H2,17,20). The van der Waals surface area contributed by atoms with Gasteiger partial charge in [0.15, 0.2) is 0 Å². The van der Waals surface area contributed by atoms with Crippen molar-refractivity contribution < 1.29 is 4.74 Å². The van der Waals surface area contributed by atoms with Gasteiger partial charge in [0.2, 0.25) is 0 Å². The van der Waals surface area contributed by atoms with Gasteiger partial charge in [-0.2, -0.15) is 0 Å². The van der Waals surface area contributed by atoms with Gasteiger partial charge in [-0.1, -0.05) is 45.3 Å². The molecule has 1 saturated heterocycles. The van der Waals surface area contributed by atoms with E-state index < -0.39 is 0 Å². The third-order valence-electron chi connectivity index (χ3n) is 5.15. The van der Waals surface area contributed by atoms with Crippen LogP contribution in [0.25, 0.3) is 0 Å². The van der Waals surface area contributed by atoms with Crippen molar-refractivity contribution in [3.8, 4) is 0 Å². The molecule has 3 nitrogen and oxygen atoms in total. The van der Waals surface area contributed by atoms with Crippen LogP contribution in [0.3, 0.4) is 0 Å². The van der Waals surface area contributed by atoms with Crippen molar-refractivity contribution >= 4 is 17.2 Å². The lowest BCUT2D eigenvalue weighted by Gasteiger charge is -2.47. The highest BCUT2D eigenvalue weighted by molar-refractivity contribution is 7.80. The van der Waals surface area contributed by atoms with Crippen LogP contribution in [0.1, 0.15) is 58.8 Å². The zero-order valence-electron chi connectivity index (χ0n) is 13.1. The number of hydrogen-bond acceptors (Lipinski definition) is 3. The summed E-state index contributed by atoms with van der Waals surface area (Å²) in [6.45, 7) is 7.37. The van der Waals surface area contributed by atoms with Crippen LogP contribution in [0.15, 0.2) is 0 Å². The Hall–Kier alpha value is -0.190. The highest BCUT2D eigenvalue weighted by atomic mass is 32.1. The number of ether oxygens (including phenoxy) is 1. The molecule has 2 unspecified atom stereocenters. The van der Waals surface area contributed by atoms with Gasteiger partial charge in [-0.3, -0.25) is 4.90 Å². The molecule has 1 aliphatic carbocycles. The average molecular weight is 298 g/mol. The van der Waals surface area contributed by atoms with Gasteiger partial charge in [-0.05, 0) is 32.2 Å². The average Bonchev–Trinajstić information content (AvgIpc) is 2.45. The number of hydrogen-bond donors (Lipinski definition) is 1. The Morgan fingerprint density at radius 3 is 2.70 bits per heavy atom. The zero-order chi connectivity index (χ0) is 14.6. The molecule has 20 heavy (non-hydrogen) atoms. The van der Waals surface area contributed by atoms with Crippen LogP contribution < -0.4 is 5.73 Å². The molecule has 1 aliphatic heterocycles. The molecule has 0 aromatic rings. The van der Waals surface area contributed by atoms with Gasteiger partial charge in [0, 0.05) is 25.1 Å². The molecular formula is C16H30N2OS.